The molecule has 2 atom stereocenters. The molecule has 1 saturated carbocycles. The summed E-state index contributed by atoms with van der Waals surface area (Å²) in [5.74, 6) is 0.673. The molecule has 1 fully saturated rings. The minimum atomic E-state index is -0.462. The largest absolute Gasteiger partial charge is 0.331 e. The highest BCUT2D eigenvalue weighted by Crippen LogP contribution is 2.50. The van der Waals surface area contributed by atoms with Crippen LogP contribution in [-0.2, 0) is 5.41 Å². The van der Waals surface area contributed by atoms with Crippen LogP contribution in [0.2, 0.25) is 0 Å². The molecule has 10 rings (SSSR count). The molecule has 2 unspecified atom stereocenters. The fourth-order valence-electron chi connectivity index (χ4n) is 10.5. The van der Waals surface area contributed by atoms with Gasteiger partial charge < -0.3 is 9.47 Å². The molecule has 0 N–H and O–H groups in total. The maximum atomic E-state index is 2.67. The van der Waals surface area contributed by atoms with Gasteiger partial charge in [-0.15, -0.1) is 0 Å². The SMILES string of the molecule is CC(C)(C)c1ccc(C2C=CC=CC2(C)N(c2ccc3c(c2)c2ccccc2n3-c2ccccc2)c2ccccc2-c2cccc3cccc(C4CCCCC4)c23)cc1. The number of allylic oxidation sites excluding steroid dienone is 2. The lowest BCUT2D eigenvalue weighted by Crippen LogP contribution is -2.47. The molecule has 0 bridgehead atoms. The number of hydrogen-bond acceptors (Lipinski definition) is 1. The molecule has 0 aliphatic heterocycles. The van der Waals surface area contributed by atoms with Crippen LogP contribution in [0.1, 0.15) is 88.3 Å². The van der Waals surface area contributed by atoms with Gasteiger partial charge in [0.1, 0.15) is 0 Å². The highest BCUT2D eigenvalue weighted by Gasteiger charge is 2.41. The molecule has 292 valence electrons. The smallest absolute Gasteiger partial charge is 0.0711 e. The van der Waals surface area contributed by atoms with E-state index in [1.807, 2.05) is 0 Å². The Labute approximate surface area is 350 Å². The molecule has 0 radical (unpaired) electrons. The number of aromatic nitrogens is 1. The Kier molecular flexibility index (Phi) is 9.40. The lowest BCUT2D eigenvalue weighted by molar-refractivity contribution is 0.445. The van der Waals surface area contributed by atoms with E-state index in [4.69, 9.17) is 0 Å². The Bertz CT molecular complexity index is 2860. The molecule has 2 heteroatoms. The van der Waals surface area contributed by atoms with Crippen molar-refractivity contribution >= 4 is 44.0 Å². The summed E-state index contributed by atoms with van der Waals surface area (Å²) in [6.07, 6.45) is 15.9. The van der Waals surface area contributed by atoms with E-state index >= 15 is 0 Å². The van der Waals surface area contributed by atoms with E-state index in [1.165, 1.54) is 110 Å². The number of hydrogen-bond donors (Lipinski definition) is 0. The quantitative estimate of drug-likeness (QED) is 0.157. The lowest BCUT2D eigenvalue weighted by Gasteiger charge is -2.47. The second kappa shape index (κ2) is 14.9. The standard InChI is InChI=1S/C57H54N2/c1-56(2,3)43-34-32-41(33-35-43)51-29-15-16-38-57(51,4)59(45-36-37-53-50(39-45)48-26-11-13-30-52(48)58(53)44-23-9-6-10-24-44)54-31-14-12-25-47(54)49-28-18-22-42-21-17-27-46(55(42)49)40-19-7-5-8-20-40/h6,9-18,21-40,51H,5,7-8,19-20H2,1-4H3. The number of anilines is 2. The van der Waals surface area contributed by atoms with E-state index in [9.17, 15) is 0 Å². The van der Waals surface area contributed by atoms with Gasteiger partial charge in [-0.25, -0.2) is 0 Å². The molecule has 1 heterocycles. The van der Waals surface area contributed by atoms with Gasteiger partial charge >= 0.3 is 0 Å². The monoisotopic (exact) mass is 766 g/mol. The molecule has 7 aromatic carbocycles. The fraction of sp³-hybridized carbons (Fsp3) is 0.228. The summed E-state index contributed by atoms with van der Waals surface area (Å²) in [5.41, 5.74) is 12.4. The minimum Gasteiger partial charge on any atom is -0.331 e. The molecule has 8 aromatic rings. The van der Waals surface area contributed by atoms with Crippen molar-refractivity contribution in [3.63, 3.8) is 0 Å². The first kappa shape index (κ1) is 37.2. The van der Waals surface area contributed by atoms with E-state index in [0.29, 0.717) is 5.92 Å². The van der Waals surface area contributed by atoms with Gasteiger partial charge in [0.2, 0.25) is 0 Å². The summed E-state index contributed by atoms with van der Waals surface area (Å²) in [6, 6.07) is 59.4. The zero-order valence-corrected chi connectivity index (χ0v) is 34.9. The summed E-state index contributed by atoms with van der Waals surface area (Å²) < 4.78 is 2.42. The van der Waals surface area contributed by atoms with Crippen LogP contribution < -0.4 is 4.90 Å². The van der Waals surface area contributed by atoms with E-state index in [0.717, 1.165) is 0 Å². The first-order valence-electron chi connectivity index (χ1n) is 21.8. The molecule has 0 amide bonds. The van der Waals surface area contributed by atoms with Crippen molar-refractivity contribution in [3.05, 3.63) is 199 Å². The van der Waals surface area contributed by atoms with Crippen LogP contribution >= 0.6 is 0 Å². The Hall–Kier alpha value is -6.12. The van der Waals surface area contributed by atoms with Gasteiger partial charge in [-0.3, -0.25) is 0 Å². The van der Waals surface area contributed by atoms with Gasteiger partial charge in [-0.05, 0) is 107 Å². The highest BCUT2D eigenvalue weighted by atomic mass is 15.2. The summed E-state index contributed by atoms with van der Waals surface area (Å²) >= 11 is 0. The van der Waals surface area contributed by atoms with Crippen LogP contribution in [-0.4, -0.2) is 10.1 Å². The molecular formula is C57H54N2. The van der Waals surface area contributed by atoms with Crippen molar-refractivity contribution in [1.82, 2.24) is 4.57 Å². The van der Waals surface area contributed by atoms with Crippen LogP contribution in [0.5, 0.6) is 0 Å². The number of benzene rings is 7. The van der Waals surface area contributed by atoms with E-state index in [-0.39, 0.29) is 11.3 Å². The van der Waals surface area contributed by atoms with Gasteiger partial charge in [-0.1, -0.05) is 180 Å². The van der Waals surface area contributed by atoms with Crippen LogP contribution in [0, 0.1) is 0 Å². The Balaban J connectivity index is 1.23. The van der Waals surface area contributed by atoms with Gasteiger partial charge in [0.15, 0.2) is 0 Å². The average molecular weight is 767 g/mol. The maximum Gasteiger partial charge on any atom is 0.0711 e. The molecule has 2 aliphatic carbocycles. The third-order valence-electron chi connectivity index (χ3n) is 13.4. The topological polar surface area (TPSA) is 8.17 Å². The Morgan fingerprint density at radius 1 is 0.610 bits per heavy atom. The maximum absolute atomic E-state index is 2.67. The van der Waals surface area contributed by atoms with E-state index in [2.05, 4.69) is 219 Å². The summed E-state index contributed by atoms with van der Waals surface area (Å²) in [6.45, 7) is 9.34. The predicted octanol–water partition coefficient (Wildman–Crippen LogP) is 15.8. The van der Waals surface area contributed by atoms with Crippen LogP contribution in [0.4, 0.5) is 11.4 Å². The molecule has 0 saturated heterocycles. The van der Waals surface area contributed by atoms with Crippen molar-refractivity contribution in [2.45, 2.75) is 82.6 Å². The fourth-order valence-corrected chi connectivity index (χ4v) is 10.5. The normalized spacial score (nSPS) is 18.5. The number of para-hydroxylation sites is 3. The lowest BCUT2D eigenvalue weighted by atomic mass is 9.74. The van der Waals surface area contributed by atoms with Crippen molar-refractivity contribution < 1.29 is 0 Å². The number of fused-ring (bicyclic) bond motifs is 4. The summed E-state index contributed by atoms with van der Waals surface area (Å²) in [4.78, 5) is 2.67. The molecule has 2 nitrogen and oxygen atoms in total. The molecule has 1 aromatic heterocycles. The Morgan fingerprint density at radius 3 is 2.10 bits per heavy atom. The first-order valence-corrected chi connectivity index (χ1v) is 21.8. The van der Waals surface area contributed by atoms with Gasteiger partial charge in [0, 0.05) is 39.3 Å². The van der Waals surface area contributed by atoms with Crippen molar-refractivity contribution in [1.29, 1.82) is 0 Å². The third kappa shape index (κ3) is 6.50. The predicted molar refractivity (Wildman–Crippen MR) is 253 cm³/mol. The van der Waals surface area contributed by atoms with Crippen LogP contribution in [0.25, 0.3) is 49.4 Å². The molecular weight excluding hydrogens is 713 g/mol. The highest BCUT2D eigenvalue weighted by molar-refractivity contribution is 6.11. The van der Waals surface area contributed by atoms with Gasteiger partial charge in [0.05, 0.1) is 16.6 Å². The zero-order valence-electron chi connectivity index (χ0n) is 34.9. The summed E-state index contributed by atoms with van der Waals surface area (Å²) in [7, 11) is 0. The minimum absolute atomic E-state index is 0.0817. The van der Waals surface area contributed by atoms with Crippen molar-refractivity contribution in [2.75, 3.05) is 4.90 Å². The third-order valence-corrected chi connectivity index (χ3v) is 13.4. The van der Waals surface area contributed by atoms with Crippen LogP contribution in [0.3, 0.4) is 0 Å². The number of rotatable bonds is 7. The van der Waals surface area contributed by atoms with Gasteiger partial charge in [0.25, 0.3) is 0 Å². The molecule has 0 spiro atoms. The van der Waals surface area contributed by atoms with E-state index in [1.54, 1.807) is 0 Å². The molecule has 2 aliphatic rings. The van der Waals surface area contributed by atoms with Crippen molar-refractivity contribution in [3.8, 4) is 16.8 Å². The zero-order chi connectivity index (χ0) is 40.1. The average Bonchev–Trinajstić information content (AvgIpc) is 3.60. The Morgan fingerprint density at radius 2 is 1.31 bits per heavy atom. The van der Waals surface area contributed by atoms with Crippen LogP contribution in [0.15, 0.2) is 182 Å². The van der Waals surface area contributed by atoms with Crippen molar-refractivity contribution in [2.24, 2.45) is 0 Å². The first-order chi connectivity index (χ1) is 28.8. The molecule has 59 heavy (non-hydrogen) atoms. The van der Waals surface area contributed by atoms with E-state index < -0.39 is 5.54 Å². The second-order valence-corrected chi connectivity index (χ2v) is 18.1. The number of nitrogens with zero attached hydrogens (tertiary/aromatic N) is 2. The second-order valence-electron chi connectivity index (χ2n) is 18.1. The summed E-state index contributed by atoms with van der Waals surface area (Å²) in [5, 5.41) is 5.24. The van der Waals surface area contributed by atoms with Gasteiger partial charge in [-0.2, -0.15) is 0 Å².